The van der Waals surface area contributed by atoms with E-state index in [4.69, 9.17) is 10.8 Å². The number of carbonyl (C=O) groups is 4. The van der Waals surface area contributed by atoms with Crippen LogP contribution in [-0.2, 0) is 14.4 Å². The van der Waals surface area contributed by atoms with Crippen molar-refractivity contribution in [2.45, 2.75) is 6.42 Å². The van der Waals surface area contributed by atoms with E-state index in [1.807, 2.05) is 5.32 Å². The number of rotatable bonds is 7. The topological polar surface area (TPSA) is 142 Å². The summed E-state index contributed by atoms with van der Waals surface area (Å²) in [6.45, 7) is -0.659. The Labute approximate surface area is 103 Å². The largest absolute Gasteiger partial charge is 0.480 e. The third kappa shape index (κ3) is 8.05. The van der Waals surface area contributed by atoms with Crippen LogP contribution >= 0.6 is 0 Å². The molecule has 0 aliphatic carbocycles. The fraction of sp³-hybridized carbons (Fsp3) is 0.556. The van der Waals surface area contributed by atoms with Gasteiger partial charge in [-0.2, -0.15) is 0 Å². The van der Waals surface area contributed by atoms with Gasteiger partial charge < -0.3 is 16.2 Å². The van der Waals surface area contributed by atoms with Crippen molar-refractivity contribution in [1.82, 2.24) is 15.5 Å². The van der Waals surface area contributed by atoms with E-state index in [9.17, 15) is 19.2 Å². The first-order valence-corrected chi connectivity index (χ1v) is 5.09. The van der Waals surface area contributed by atoms with Gasteiger partial charge in [0.15, 0.2) is 0 Å². The molecule has 0 radical (unpaired) electrons. The average Bonchev–Trinajstić information content (AvgIpc) is 2.24. The first kappa shape index (κ1) is 15.8. The summed E-state index contributed by atoms with van der Waals surface area (Å²) in [5.74, 6) is -2.40. The van der Waals surface area contributed by atoms with Gasteiger partial charge in [0.05, 0.1) is 13.1 Å². The van der Waals surface area contributed by atoms with Crippen molar-refractivity contribution in [2.75, 3.05) is 26.7 Å². The maximum atomic E-state index is 11.2. The third-order valence-electron chi connectivity index (χ3n) is 1.87. The second-order valence-electron chi connectivity index (χ2n) is 3.45. The Kier molecular flexibility index (Phi) is 7.05. The van der Waals surface area contributed by atoms with Crippen molar-refractivity contribution in [2.24, 2.45) is 5.73 Å². The number of imide groups is 1. The Morgan fingerprint density at radius 2 is 1.83 bits per heavy atom. The predicted octanol–water partition coefficient (Wildman–Crippen LogP) is -2.30. The van der Waals surface area contributed by atoms with Crippen LogP contribution in [0.3, 0.4) is 0 Å². The summed E-state index contributed by atoms with van der Waals surface area (Å²) in [4.78, 5) is 44.4. The average molecular weight is 260 g/mol. The molecule has 0 aliphatic heterocycles. The number of primary amides is 1. The maximum absolute atomic E-state index is 11.2. The fourth-order valence-corrected chi connectivity index (χ4v) is 1.14. The van der Waals surface area contributed by atoms with Crippen LogP contribution in [0.1, 0.15) is 6.42 Å². The smallest absolute Gasteiger partial charge is 0.321 e. The van der Waals surface area contributed by atoms with Gasteiger partial charge in [0.25, 0.3) is 0 Å². The number of hydrogen-bond acceptors (Lipinski definition) is 5. The molecule has 0 aliphatic rings. The van der Waals surface area contributed by atoms with Crippen molar-refractivity contribution >= 4 is 23.8 Å². The predicted molar refractivity (Wildman–Crippen MR) is 60.5 cm³/mol. The standard InChI is InChI=1S/C9H16N4O5/c1-11-9(18)12-7(15)2-3-13(4-6(10)14)5-8(16)17/h2-5H2,1H3,(H2,10,14)(H,16,17)(H2,11,12,15,18). The van der Waals surface area contributed by atoms with Crippen LogP contribution in [0.4, 0.5) is 4.79 Å². The molecule has 0 bridgehead atoms. The van der Waals surface area contributed by atoms with Crippen LogP contribution in [0, 0.1) is 0 Å². The van der Waals surface area contributed by atoms with Crippen molar-refractivity contribution < 1.29 is 24.3 Å². The van der Waals surface area contributed by atoms with Crippen molar-refractivity contribution in [3.05, 3.63) is 0 Å². The third-order valence-corrected chi connectivity index (χ3v) is 1.87. The van der Waals surface area contributed by atoms with Crippen LogP contribution in [0.2, 0.25) is 0 Å². The van der Waals surface area contributed by atoms with Gasteiger partial charge in [0, 0.05) is 20.0 Å². The number of aliphatic carboxylic acids is 1. The van der Waals surface area contributed by atoms with Crippen LogP contribution in [-0.4, -0.2) is 60.5 Å². The number of carboxylic acids is 1. The van der Waals surface area contributed by atoms with Gasteiger partial charge >= 0.3 is 12.0 Å². The van der Waals surface area contributed by atoms with Gasteiger partial charge in [-0.25, -0.2) is 4.79 Å². The van der Waals surface area contributed by atoms with Crippen molar-refractivity contribution in [3.8, 4) is 0 Å². The Morgan fingerprint density at radius 1 is 1.22 bits per heavy atom. The second kappa shape index (κ2) is 8.01. The molecule has 4 amide bonds. The Hall–Kier alpha value is -2.16. The normalized spacial score (nSPS) is 9.89. The lowest BCUT2D eigenvalue weighted by Crippen LogP contribution is -2.42. The number of amides is 4. The van der Waals surface area contributed by atoms with Crippen LogP contribution in [0.5, 0.6) is 0 Å². The van der Waals surface area contributed by atoms with Gasteiger partial charge in [0.2, 0.25) is 11.8 Å². The molecule has 0 aromatic heterocycles. The Bertz CT molecular complexity index is 328. The van der Waals surface area contributed by atoms with Gasteiger partial charge in [-0.3, -0.25) is 24.6 Å². The zero-order valence-corrected chi connectivity index (χ0v) is 9.93. The highest BCUT2D eigenvalue weighted by molar-refractivity contribution is 5.94. The van der Waals surface area contributed by atoms with E-state index in [0.29, 0.717) is 0 Å². The molecule has 0 heterocycles. The summed E-state index contributed by atoms with van der Waals surface area (Å²) in [5.41, 5.74) is 4.94. The lowest BCUT2D eigenvalue weighted by atomic mass is 10.3. The maximum Gasteiger partial charge on any atom is 0.321 e. The van der Waals surface area contributed by atoms with E-state index in [2.05, 4.69) is 5.32 Å². The molecule has 0 unspecified atom stereocenters. The monoisotopic (exact) mass is 260 g/mol. The zero-order valence-electron chi connectivity index (χ0n) is 9.93. The second-order valence-corrected chi connectivity index (χ2v) is 3.45. The lowest BCUT2D eigenvalue weighted by Gasteiger charge is -2.17. The Balaban J connectivity index is 4.16. The summed E-state index contributed by atoms with van der Waals surface area (Å²) < 4.78 is 0. The van der Waals surface area contributed by atoms with Crippen molar-refractivity contribution in [3.63, 3.8) is 0 Å². The highest BCUT2D eigenvalue weighted by Crippen LogP contribution is 1.92. The molecule has 5 N–H and O–H groups in total. The van der Waals surface area contributed by atoms with Crippen LogP contribution in [0.25, 0.3) is 0 Å². The molecule has 0 aromatic rings. The minimum absolute atomic E-state index is 0.0120. The molecule has 18 heavy (non-hydrogen) atoms. The summed E-state index contributed by atoms with van der Waals surface area (Å²) >= 11 is 0. The first-order valence-electron chi connectivity index (χ1n) is 5.09. The number of nitrogens with zero attached hydrogens (tertiary/aromatic N) is 1. The number of carboxylic acid groups (broad SMARTS) is 1. The molecule has 0 aromatic carbocycles. The van der Waals surface area contributed by atoms with E-state index >= 15 is 0 Å². The molecule has 9 heteroatoms. The summed E-state index contributed by atoms with van der Waals surface area (Å²) in [6.07, 6.45) is -0.117. The Morgan fingerprint density at radius 3 is 2.28 bits per heavy atom. The quantitative estimate of drug-likeness (QED) is 0.405. The summed E-state index contributed by atoms with van der Waals surface area (Å²) in [5, 5.41) is 12.8. The van der Waals surface area contributed by atoms with Gasteiger partial charge in [-0.1, -0.05) is 0 Å². The minimum Gasteiger partial charge on any atom is -0.480 e. The highest BCUT2D eigenvalue weighted by Gasteiger charge is 2.14. The first-order chi connectivity index (χ1) is 8.35. The molecule has 0 atom stereocenters. The number of urea groups is 1. The fourth-order valence-electron chi connectivity index (χ4n) is 1.14. The SMILES string of the molecule is CNC(=O)NC(=O)CCN(CC(N)=O)CC(=O)O. The number of nitrogens with one attached hydrogen (secondary N) is 2. The van der Waals surface area contributed by atoms with Crippen molar-refractivity contribution in [1.29, 1.82) is 0 Å². The molecule has 0 fully saturated rings. The van der Waals surface area contributed by atoms with Gasteiger partial charge in [-0.15, -0.1) is 0 Å². The number of carbonyl (C=O) groups excluding carboxylic acids is 3. The van der Waals surface area contributed by atoms with E-state index in [1.165, 1.54) is 11.9 Å². The molecule has 9 nitrogen and oxygen atoms in total. The summed E-state index contributed by atoms with van der Waals surface area (Å²) in [6, 6.07) is -0.653. The summed E-state index contributed by atoms with van der Waals surface area (Å²) in [7, 11) is 1.35. The number of hydrogen-bond donors (Lipinski definition) is 4. The molecule has 102 valence electrons. The molecule has 0 spiro atoms. The van der Waals surface area contributed by atoms with E-state index < -0.39 is 30.4 Å². The molecule has 0 saturated carbocycles. The van der Waals surface area contributed by atoms with Crippen LogP contribution < -0.4 is 16.4 Å². The minimum atomic E-state index is -1.14. The molecule has 0 rings (SSSR count). The lowest BCUT2D eigenvalue weighted by molar-refractivity contribution is -0.139. The molecular weight excluding hydrogens is 244 g/mol. The van der Waals surface area contributed by atoms with Gasteiger partial charge in [-0.05, 0) is 0 Å². The van der Waals surface area contributed by atoms with E-state index in [-0.39, 0.29) is 19.5 Å². The zero-order chi connectivity index (χ0) is 14.1. The van der Waals surface area contributed by atoms with E-state index in [0.717, 1.165) is 0 Å². The van der Waals surface area contributed by atoms with E-state index in [1.54, 1.807) is 0 Å². The number of nitrogens with two attached hydrogens (primary N) is 1. The highest BCUT2D eigenvalue weighted by atomic mass is 16.4. The molecular formula is C9H16N4O5. The van der Waals surface area contributed by atoms with Gasteiger partial charge in [0.1, 0.15) is 0 Å². The van der Waals surface area contributed by atoms with Crippen LogP contribution in [0.15, 0.2) is 0 Å². The molecule has 0 saturated heterocycles.